The van der Waals surface area contributed by atoms with Gasteiger partial charge in [-0.2, -0.15) is 0 Å². The molecule has 98 valence electrons. The van der Waals surface area contributed by atoms with E-state index >= 15 is 0 Å². The molecule has 0 spiro atoms. The first kappa shape index (κ1) is 13.2. The van der Waals surface area contributed by atoms with Crippen LogP contribution < -0.4 is 5.32 Å². The molecule has 4 nitrogen and oxygen atoms in total. The fraction of sp³-hybridized carbons (Fsp3) is 0.200. The summed E-state index contributed by atoms with van der Waals surface area (Å²) in [4.78, 5) is 10.3. The number of hydrogen-bond donors (Lipinski definition) is 1. The Morgan fingerprint density at radius 2 is 1.74 bits per heavy atom. The molecule has 1 N–H and O–H groups in total. The lowest BCUT2D eigenvalue weighted by Crippen LogP contribution is -2.18. The summed E-state index contributed by atoms with van der Waals surface area (Å²) in [5.74, 6) is 0. The Kier molecular flexibility index (Phi) is 4.26. The monoisotopic (exact) mass is 256 g/mol. The number of rotatable bonds is 5. The fourth-order valence-corrected chi connectivity index (χ4v) is 2.06. The minimum Gasteiger partial charge on any atom is -0.313 e. The van der Waals surface area contributed by atoms with Gasteiger partial charge in [0.1, 0.15) is 0 Å². The van der Waals surface area contributed by atoms with Crippen molar-refractivity contribution in [1.29, 1.82) is 0 Å². The van der Waals surface area contributed by atoms with E-state index in [1.54, 1.807) is 12.1 Å². The largest absolute Gasteiger partial charge is 0.313 e. The number of hydrogen-bond acceptors (Lipinski definition) is 3. The van der Waals surface area contributed by atoms with Crippen LogP contribution in [-0.4, -0.2) is 12.0 Å². The van der Waals surface area contributed by atoms with E-state index in [1.807, 2.05) is 37.4 Å². The molecule has 1 atom stereocenters. The molecule has 19 heavy (non-hydrogen) atoms. The topological polar surface area (TPSA) is 55.2 Å². The maximum atomic E-state index is 10.6. The first-order valence-corrected chi connectivity index (χ1v) is 6.16. The number of likely N-dealkylation sites (N-methyl/N-ethyl adjacent to an activating group) is 1. The zero-order valence-corrected chi connectivity index (χ0v) is 10.7. The summed E-state index contributed by atoms with van der Waals surface area (Å²) in [6.45, 7) is 0. The molecule has 2 rings (SSSR count). The molecule has 2 aromatic rings. The molecule has 0 radical (unpaired) electrons. The quantitative estimate of drug-likeness (QED) is 0.660. The summed E-state index contributed by atoms with van der Waals surface area (Å²) in [5, 5.41) is 13.9. The van der Waals surface area contributed by atoms with Crippen LogP contribution in [0.2, 0.25) is 0 Å². The second kappa shape index (κ2) is 6.11. The average molecular weight is 256 g/mol. The van der Waals surface area contributed by atoms with Crippen LogP contribution in [0, 0.1) is 10.1 Å². The number of non-ortho nitro benzene ring substituents is 1. The van der Waals surface area contributed by atoms with E-state index in [-0.39, 0.29) is 16.7 Å². The van der Waals surface area contributed by atoms with Crippen LogP contribution in [0.1, 0.15) is 17.2 Å². The summed E-state index contributed by atoms with van der Waals surface area (Å²) in [6.07, 6.45) is 0.856. The van der Waals surface area contributed by atoms with Crippen molar-refractivity contribution < 1.29 is 4.92 Å². The van der Waals surface area contributed by atoms with Gasteiger partial charge in [-0.25, -0.2) is 0 Å². The van der Waals surface area contributed by atoms with Gasteiger partial charge in [-0.1, -0.05) is 42.5 Å². The normalized spacial score (nSPS) is 12.1. The first-order valence-electron chi connectivity index (χ1n) is 6.16. The minimum absolute atomic E-state index is 0.123. The van der Waals surface area contributed by atoms with Gasteiger partial charge >= 0.3 is 0 Å². The van der Waals surface area contributed by atoms with Gasteiger partial charge in [0.05, 0.1) is 4.92 Å². The minimum atomic E-state index is -0.380. The van der Waals surface area contributed by atoms with Crippen LogP contribution in [0.15, 0.2) is 54.6 Å². The van der Waals surface area contributed by atoms with Crippen LogP contribution in [-0.2, 0) is 6.42 Å². The summed E-state index contributed by atoms with van der Waals surface area (Å²) in [6, 6.07) is 17.0. The molecule has 0 aliphatic rings. The Balaban J connectivity index is 2.15. The van der Waals surface area contributed by atoms with Gasteiger partial charge in [0.2, 0.25) is 0 Å². The SMILES string of the molecule is CNC(Cc1ccccc1)c1ccc([N+](=O)[O-])cc1. The number of nitro benzene ring substituents is 1. The van der Waals surface area contributed by atoms with Crippen LogP contribution >= 0.6 is 0 Å². The predicted octanol–water partition coefficient (Wildman–Crippen LogP) is 3.10. The van der Waals surface area contributed by atoms with Gasteiger partial charge in [-0.05, 0) is 24.6 Å². The van der Waals surface area contributed by atoms with Gasteiger partial charge < -0.3 is 5.32 Å². The van der Waals surface area contributed by atoms with Crippen LogP contribution in [0.5, 0.6) is 0 Å². The number of nitrogens with one attached hydrogen (secondary N) is 1. The van der Waals surface area contributed by atoms with Crippen LogP contribution in [0.4, 0.5) is 5.69 Å². The average Bonchev–Trinajstić information content (AvgIpc) is 2.46. The van der Waals surface area contributed by atoms with E-state index < -0.39 is 0 Å². The molecule has 1 unspecified atom stereocenters. The zero-order valence-electron chi connectivity index (χ0n) is 10.7. The van der Waals surface area contributed by atoms with E-state index in [2.05, 4.69) is 17.4 Å². The highest BCUT2D eigenvalue weighted by atomic mass is 16.6. The number of benzene rings is 2. The van der Waals surface area contributed by atoms with Crippen molar-refractivity contribution in [2.45, 2.75) is 12.5 Å². The first-order chi connectivity index (χ1) is 9.20. The lowest BCUT2D eigenvalue weighted by atomic mass is 9.99. The van der Waals surface area contributed by atoms with E-state index in [4.69, 9.17) is 0 Å². The molecule has 0 saturated carbocycles. The van der Waals surface area contributed by atoms with Crippen LogP contribution in [0.25, 0.3) is 0 Å². The second-order valence-corrected chi connectivity index (χ2v) is 4.38. The standard InChI is InChI=1S/C15H16N2O2/c1-16-15(11-12-5-3-2-4-6-12)13-7-9-14(10-8-13)17(18)19/h2-10,15-16H,11H2,1H3. The highest BCUT2D eigenvalue weighted by Gasteiger charge is 2.12. The zero-order chi connectivity index (χ0) is 13.7. The molecule has 0 fully saturated rings. The van der Waals surface area contributed by atoms with Gasteiger partial charge in [0, 0.05) is 18.2 Å². The highest BCUT2D eigenvalue weighted by Crippen LogP contribution is 2.20. The molecule has 0 aliphatic heterocycles. The van der Waals surface area contributed by atoms with Crippen molar-refractivity contribution in [2.75, 3.05) is 7.05 Å². The number of nitrogens with zero attached hydrogens (tertiary/aromatic N) is 1. The Hall–Kier alpha value is -2.20. The van der Waals surface area contributed by atoms with Gasteiger partial charge in [-0.15, -0.1) is 0 Å². The summed E-state index contributed by atoms with van der Waals surface area (Å²) in [5.41, 5.74) is 2.41. The van der Waals surface area contributed by atoms with E-state index in [1.165, 1.54) is 5.56 Å². The van der Waals surface area contributed by atoms with E-state index in [0.717, 1.165) is 12.0 Å². The lowest BCUT2D eigenvalue weighted by molar-refractivity contribution is -0.384. The number of nitro groups is 1. The Bertz CT molecular complexity index is 538. The van der Waals surface area contributed by atoms with Crippen molar-refractivity contribution in [3.05, 3.63) is 75.8 Å². The third-order valence-corrected chi connectivity index (χ3v) is 3.14. The van der Waals surface area contributed by atoms with Gasteiger partial charge in [0.15, 0.2) is 0 Å². The molecule has 4 heteroatoms. The molecule has 0 saturated heterocycles. The smallest absolute Gasteiger partial charge is 0.269 e. The molecule has 0 aliphatic carbocycles. The molecule has 0 aromatic heterocycles. The highest BCUT2D eigenvalue weighted by molar-refractivity contribution is 5.35. The lowest BCUT2D eigenvalue weighted by Gasteiger charge is -2.16. The van der Waals surface area contributed by atoms with Gasteiger partial charge in [0.25, 0.3) is 5.69 Å². The van der Waals surface area contributed by atoms with Gasteiger partial charge in [-0.3, -0.25) is 10.1 Å². The summed E-state index contributed by atoms with van der Waals surface area (Å²) < 4.78 is 0. The molecule has 0 bridgehead atoms. The Labute approximate surface area is 112 Å². The third kappa shape index (κ3) is 3.39. The fourth-order valence-electron chi connectivity index (χ4n) is 2.06. The second-order valence-electron chi connectivity index (χ2n) is 4.38. The van der Waals surface area contributed by atoms with Crippen molar-refractivity contribution >= 4 is 5.69 Å². The molecule has 0 heterocycles. The van der Waals surface area contributed by atoms with E-state index in [9.17, 15) is 10.1 Å². The third-order valence-electron chi connectivity index (χ3n) is 3.14. The summed E-state index contributed by atoms with van der Waals surface area (Å²) in [7, 11) is 1.90. The predicted molar refractivity (Wildman–Crippen MR) is 75.0 cm³/mol. The molecule has 0 amide bonds. The maximum Gasteiger partial charge on any atom is 0.269 e. The Morgan fingerprint density at radius 1 is 1.11 bits per heavy atom. The Morgan fingerprint density at radius 3 is 2.26 bits per heavy atom. The van der Waals surface area contributed by atoms with Crippen LogP contribution in [0.3, 0.4) is 0 Å². The molecular formula is C15H16N2O2. The van der Waals surface area contributed by atoms with E-state index in [0.29, 0.717) is 0 Å². The molecular weight excluding hydrogens is 240 g/mol. The molecule has 2 aromatic carbocycles. The maximum absolute atomic E-state index is 10.6. The van der Waals surface area contributed by atoms with Crippen molar-refractivity contribution in [3.8, 4) is 0 Å². The van der Waals surface area contributed by atoms with Crippen molar-refractivity contribution in [1.82, 2.24) is 5.32 Å². The van der Waals surface area contributed by atoms with Crippen molar-refractivity contribution in [3.63, 3.8) is 0 Å². The summed E-state index contributed by atoms with van der Waals surface area (Å²) >= 11 is 0. The van der Waals surface area contributed by atoms with Crippen molar-refractivity contribution in [2.24, 2.45) is 0 Å².